The quantitative estimate of drug-likeness (QED) is 0.791. The van der Waals surface area contributed by atoms with E-state index < -0.39 is 0 Å². The Balaban J connectivity index is 2.46. The van der Waals surface area contributed by atoms with Crippen molar-refractivity contribution in [3.05, 3.63) is 57.5 Å². The van der Waals surface area contributed by atoms with E-state index in [0.29, 0.717) is 0 Å². The van der Waals surface area contributed by atoms with Crippen molar-refractivity contribution in [2.24, 2.45) is 14.1 Å². The van der Waals surface area contributed by atoms with Crippen LogP contribution in [-0.2, 0) is 26.9 Å². The van der Waals surface area contributed by atoms with Gasteiger partial charge < -0.3 is 0 Å². The van der Waals surface area contributed by atoms with Crippen molar-refractivity contribution in [2.45, 2.75) is 19.8 Å². The van der Waals surface area contributed by atoms with Crippen LogP contribution in [0.4, 0.5) is 0 Å². The molecule has 0 N–H and O–H groups in total. The highest BCUT2D eigenvalue weighted by Gasteiger charge is 2.14. The van der Waals surface area contributed by atoms with Gasteiger partial charge in [-0.1, -0.05) is 37.3 Å². The number of hydrogen-bond donors (Lipinski definition) is 0. The molecule has 1 heterocycles. The van der Waals surface area contributed by atoms with Gasteiger partial charge in [0.15, 0.2) is 0 Å². The highest BCUT2D eigenvalue weighted by atomic mass is 16.1. The summed E-state index contributed by atoms with van der Waals surface area (Å²) in [5.74, 6) is 0. The summed E-state index contributed by atoms with van der Waals surface area (Å²) >= 11 is 0. The van der Waals surface area contributed by atoms with Crippen LogP contribution in [0.25, 0.3) is 0 Å². The average Bonchev–Trinajstić information content (AvgIpc) is 2.55. The summed E-state index contributed by atoms with van der Waals surface area (Å²) in [5, 5.41) is 0. The van der Waals surface area contributed by atoms with Crippen LogP contribution in [0.2, 0.25) is 0 Å². The Labute approximate surface area is 101 Å². The maximum atomic E-state index is 12.1. The molecule has 0 aliphatic heterocycles. The van der Waals surface area contributed by atoms with Gasteiger partial charge in [-0.3, -0.25) is 14.2 Å². The molecule has 0 unspecified atom stereocenters. The van der Waals surface area contributed by atoms with Crippen LogP contribution < -0.4 is 5.56 Å². The predicted molar refractivity (Wildman–Crippen MR) is 69.3 cm³/mol. The summed E-state index contributed by atoms with van der Waals surface area (Å²) in [6.07, 6.45) is 1.60. The largest absolute Gasteiger partial charge is 0.290 e. The fraction of sp³-hybridized carbons (Fsp3) is 0.357. The van der Waals surface area contributed by atoms with Gasteiger partial charge in [-0.2, -0.15) is 0 Å². The molecule has 3 nitrogen and oxygen atoms in total. The van der Waals surface area contributed by atoms with Gasteiger partial charge in [0.25, 0.3) is 5.56 Å². The van der Waals surface area contributed by atoms with E-state index in [1.165, 1.54) is 5.56 Å². The predicted octanol–water partition coefficient (Wildman–Crippen LogP) is 1.88. The zero-order valence-electron chi connectivity index (χ0n) is 10.6. The molecular formula is C14H18N2O. The van der Waals surface area contributed by atoms with Crippen molar-refractivity contribution >= 4 is 0 Å². The molecule has 0 fully saturated rings. The maximum Gasteiger partial charge on any atom is 0.270 e. The van der Waals surface area contributed by atoms with Crippen LogP contribution in [0, 0.1) is 0 Å². The monoisotopic (exact) mass is 230 g/mol. The summed E-state index contributed by atoms with van der Waals surface area (Å²) < 4.78 is 3.62. The number of rotatable bonds is 3. The molecule has 0 spiro atoms. The lowest BCUT2D eigenvalue weighted by Crippen LogP contribution is -2.18. The Morgan fingerprint density at radius 2 is 1.71 bits per heavy atom. The van der Waals surface area contributed by atoms with Crippen LogP contribution in [0.15, 0.2) is 35.1 Å². The smallest absolute Gasteiger partial charge is 0.270 e. The van der Waals surface area contributed by atoms with Gasteiger partial charge in [0, 0.05) is 31.8 Å². The Morgan fingerprint density at radius 3 is 2.29 bits per heavy atom. The second-order valence-electron chi connectivity index (χ2n) is 4.29. The van der Waals surface area contributed by atoms with E-state index in [1.807, 2.05) is 37.0 Å². The molecule has 1 aromatic carbocycles. The summed E-state index contributed by atoms with van der Waals surface area (Å²) in [4.78, 5) is 12.1. The van der Waals surface area contributed by atoms with Crippen molar-refractivity contribution in [3.63, 3.8) is 0 Å². The molecule has 0 aliphatic carbocycles. The molecule has 2 aromatic rings. The standard InChI is InChI=1S/C14H18N2O/c1-4-13-12(14(17)16(3)15(13)2)10-11-8-6-5-7-9-11/h5-9H,4,10H2,1-3H3. The zero-order valence-corrected chi connectivity index (χ0v) is 10.6. The minimum Gasteiger partial charge on any atom is -0.290 e. The van der Waals surface area contributed by atoms with Crippen molar-refractivity contribution < 1.29 is 0 Å². The molecule has 0 saturated carbocycles. The van der Waals surface area contributed by atoms with Crippen LogP contribution >= 0.6 is 0 Å². The minimum atomic E-state index is 0.119. The zero-order chi connectivity index (χ0) is 12.4. The van der Waals surface area contributed by atoms with Crippen molar-refractivity contribution in [1.82, 2.24) is 9.36 Å². The minimum absolute atomic E-state index is 0.119. The first kappa shape index (κ1) is 11.7. The number of nitrogens with zero attached hydrogens (tertiary/aromatic N) is 2. The summed E-state index contributed by atoms with van der Waals surface area (Å²) in [7, 11) is 3.75. The summed E-state index contributed by atoms with van der Waals surface area (Å²) in [5.41, 5.74) is 3.35. The second-order valence-corrected chi connectivity index (χ2v) is 4.29. The summed E-state index contributed by atoms with van der Waals surface area (Å²) in [6, 6.07) is 10.1. The van der Waals surface area contributed by atoms with Gasteiger partial charge in [-0.15, -0.1) is 0 Å². The highest BCUT2D eigenvalue weighted by Crippen LogP contribution is 2.11. The Morgan fingerprint density at radius 1 is 1.06 bits per heavy atom. The molecule has 0 bridgehead atoms. The number of aromatic nitrogens is 2. The first-order chi connectivity index (χ1) is 8.15. The van der Waals surface area contributed by atoms with E-state index in [4.69, 9.17) is 0 Å². The lowest BCUT2D eigenvalue weighted by atomic mass is 10.0. The molecule has 0 atom stereocenters. The van der Waals surface area contributed by atoms with E-state index in [-0.39, 0.29) is 5.56 Å². The normalized spacial score (nSPS) is 10.8. The Hall–Kier alpha value is -1.77. The Kier molecular flexibility index (Phi) is 3.18. The highest BCUT2D eigenvalue weighted by molar-refractivity contribution is 5.28. The van der Waals surface area contributed by atoms with Gasteiger partial charge in [0.1, 0.15) is 0 Å². The molecule has 0 aliphatic rings. The lowest BCUT2D eigenvalue weighted by Gasteiger charge is -2.04. The van der Waals surface area contributed by atoms with Crippen molar-refractivity contribution in [1.29, 1.82) is 0 Å². The molecule has 1 aromatic heterocycles. The fourth-order valence-corrected chi connectivity index (χ4v) is 2.25. The maximum absolute atomic E-state index is 12.1. The lowest BCUT2D eigenvalue weighted by molar-refractivity contribution is 0.559. The third kappa shape index (κ3) is 2.05. The average molecular weight is 230 g/mol. The molecule has 0 saturated heterocycles. The second kappa shape index (κ2) is 4.62. The molecule has 3 heteroatoms. The number of benzene rings is 1. The van der Waals surface area contributed by atoms with E-state index in [2.05, 4.69) is 19.1 Å². The van der Waals surface area contributed by atoms with E-state index in [0.717, 1.165) is 24.1 Å². The topological polar surface area (TPSA) is 26.9 Å². The molecular weight excluding hydrogens is 212 g/mol. The fourth-order valence-electron chi connectivity index (χ4n) is 2.25. The van der Waals surface area contributed by atoms with Gasteiger partial charge in [0.05, 0.1) is 0 Å². The van der Waals surface area contributed by atoms with E-state index in [9.17, 15) is 4.79 Å². The molecule has 17 heavy (non-hydrogen) atoms. The van der Waals surface area contributed by atoms with Gasteiger partial charge in [-0.25, -0.2) is 0 Å². The molecule has 90 valence electrons. The first-order valence-electron chi connectivity index (χ1n) is 5.92. The molecule has 2 rings (SSSR count). The van der Waals surface area contributed by atoms with Crippen LogP contribution in [0.5, 0.6) is 0 Å². The van der Waals surface area contributed by atoms with E-state index in [1.54, 1.807) is 4.68 Å². The molecule has 0 radical (unpaired) electrons. The molecule has 0 amide bonds. The summed E-state index contributed by atoms with van der Waals surface area (Å²) in [6.45, 7) is 2.09. The van der Waals surface area contributed by atoms with Crippen LogP contribution in [0.1, 0.15) is 23.7 Å². The third-order valence-electron chi connectivity index (χ3n) is 3.30. The SMILES string of the molecule is CCc1c(Cc2ccccc2)c(=O)n(C)n1C. The first-order valence-corrected chi connectivity index (χ1v) is 5.92. The van der Waals surface area contributed by atoms with Gasteiger partial charge in [-0.05, 0) is 12.0 Å². The van der Waals surface area contributed by atoms with Crippen molar-refractivity contribution in [2.75, 3.05) is 0 Å². The number of hydrogen-bond acceptors (Lipinski definition) is 1. The third-order valence-corrected chi connectivity index (χ3v) is 3.30. The van der Waals surface area contributed by atoms with E-state index >= 15 is 0 Å². The Bertz CT molecular complexity index is 564. The van der Waals surface area contributed by atoms with Crippen LogP contribution in [0.3, 0.4) is 0 Å². The van der Waals surface area contributed by atoms with Crippen molar-refractivity contribution in [3.8, 4) is 0 Å². The van der Waals surface area contributed by atoms with Crippen LogP contribution in [-0.4, -0.2) is 9.36 Å². The van der Waals surface area contributed by atoms with Gasteiger partial charge in [0.2, 0.25) is 0 Å². The van der Waals surface area contributed by atoms with Gasteiger partial charge >= 0.3 is 0 Å².